The lowest BCUT2D eigenvalue weighted by atomic mass is 10.3. The van der Waals surface area contributed by atoms with E-state index in [1.165, 1.54) is 0 Å². The van der Waals surface area contributed by atoms with E-state index < -0.39 is 0 Å². The number of hydrogen-bond acceptors (Lipinski definition) is 1. The second kappa shape index (κ2) is 6.23. The lowest BCUT2D eigenvalue weighted by molar-refractivity contribution is 0.388. The van der Waals surface area contributed by atoms with Gasteiger partial charge in [-0.1, -0.05) is 13.8 Å². The van der Waals surface area contributed by atoms with Crippen molar-refractivity contribution in [1.29, 1.82) is 0 Å². The van der Waals surface area contributed by atoms with E-state index in [1.54, 1.807) is 0 Å². The summed E-state index contributed by atoms with van der Waals surface area (Å²) in [4.78, 5) is 4.57. The van der Waals surface area contributed by atoms with Crippen molar-refractivity contribution < 1.29 is 0 Å². The lowest BCUT2D eigenvalue weighted by Crippen LogP contribution is -2.38. The summed E-state index contributed by atoms with van der Waals surface area (Å²) in [5.41, 5.74) is 0. The molecule has 2 nitrogen and oxygen atoms in total. The van der Waals surface area contributed by atoms with Gasteiger partial charge in [-0.15, -0.1) is 0 Å². The minimum atomic E-state index is 0.543. The lowest BCUT2D eigenvalue weighted by Gasteiger charge is -2.27. The van der Waals surface area contributed by atoms with Gasteiger partial charge in [0.15, 0.2) is 5.11 Å². The van der Waals surface area contributed by atoms with Crippen molar-refractivity contribution in [2.45, 2.75) is 53.6 Å². The molecule has 84 valence electrons. The highest BCUT2D eigenvalue weighted by atomic mass is 32.1. The van der Waals surface area contributed by atoms with Crippen LogP contribution < -0.4 is 0 Å². The van der Waals surface area contributed by atoms with Crippen LogP contribution in [-0.2, 0) is 0 Å². The average molecular weight is 216 g/mol. The molecule has 1 fully saturated rings. The molecule has 0 unspecified atom stereocenters. The fourth-order valence-corrected chi connectivity index (χ4v) is 2.13. The van der Waals surface area contributed by atoms with Gasteiger partial charge in [-0.3, -0.25) is 0 Å². The molecule has 3 heteroatoms. The maximum Gasteiger partial charge on any atom is 0.172 e. The Bertz CT molecular complexity index is 160. The number of rotatable bonds is 2. The first-order chi connectivity index (χ1) is 6.54. The quantitative estimate of drug-likeness (QED) is 0.655. The molecular formula is C11H24N2S. The third-order valence-corrected chi connectivity index (χ3v) is 2.79. The van der Waals surface area contributed by atoms with Gasteiger partial charge in [0.1, 0.15) is 0 Å². The van der Waals surface area contributed by atoms with Crippen LogP contribution in [0.3, 0.4) is 0 Å². The van der Waals surface area contributed by atoms with Crippen LogP contribution in [0.25, 0.3) is 0 Å². The minimum absolute atomic E-state index is 0.543. The van der Waals surface area contributed by atoms with E-state index in [0.29, 0.717) is 12.1 Å². The Morgan fingerprint density at radius 1 is 0.929 bits per heavy atom. The normalized spacial score (nSPS) is 16.4. The van der Waals surface area contributed by atoms with Crippen LogP contribution in [0.2, 0.25) is 0 Å². The third kappa shape index (κ3) is 3.12. The molecule has 0 N–H and O–H groups in total. The van der Waals surface area contributed by atoms with Crippen molar-refractivity contribution in [3.63, 3.8) is 0 Å². The van der Waals surface area contributed by atoms with Gasteiger partial charge >= 0.3 is 0 Å². The molecule has 0 aromatic carbocycles. The Hall–Kier alpha value is -0.310. The van der Waals surface area contributed by atoms with Crippen LogP contribution in [0.5, 0.6) is 0 Å². The molecule has 1 rings (SSSR count). The summed E-state index contributed by atoms with van der Waals surface area (Å²) < 4.78 is 0. The fourth-order valence-electron chi connectivity index (χ4n) is 1.53. The van der Waals surface area contributed by atoms with Crippen LogP contribution in [-0.4, -0.2) is 40.1 Å². The highest BCUT2D eigenvalue weighted by Gasteiger charge is 2.27. The Labute approximate surface area is 94.3 Å². The molecule has 1 heterocycles. The maximum atomic E-state index is 5.37. The first-order valence-electron chi connectivity index (χ1n) is 5.61. The first kappa shape index (κ1) is 13.7. The number of nitrogens with zero attached hydrogens (tertiary/aromatic N) is 2. The summed E-state index contributed by atoms with van der Waals surface area (Å²) in [6.45, 7) is 14.9. The first-order valence-corrected chi connectivity index (χ1v) is 6.02. The molecule has 0 saturated carbocycles. The zero-order valence-electron chi connectivity index (χ0n) is 10.4. The van der Waals surface area contributed by atoms with E-state index in [9.17, 15) is 0 Å². The molecule has 0 aliphatic carbocycles. The van der Waals surface area contributed by atoms with Crippen LogP contribution in [0.4, 0.5) is 0 Å². The van der Waals surface area contributed by atoms with E-state index in [1.807, 2.05) is 13.8 Å². The molecule has 1 aliphatic heterocycles. The van der Waals surface area contributed by atoms with Gasteiger partial charge in [0.25, 0.3) is 0 Å². The van der Waals surface area contributed by atoms with Gasteiger partial charge in [0.2, 0.25) is 0 Å². The van der Waals surface area contributed by atoms with Gasteiger partial charge in [0, 0.05) is 25.2 Å². The van der Waals surface area contributed by atoms with Gasteiger partial charge < -0.3 is 9.80 Å². The molecule has 1 aliphatic rings. The predicted molar refractivity (Wildman–Crippen MR) is 67.6 cm³/mol. The Morgan fingerprint density at radius 2 is 1.21 bits per heavy atom. The summed E-state index contributed by atoms with van der Waals surface area (Å²) in [6, 6.07) is 1.09. The Kier molecular flexibility index (Phi) is 6.09. The van der Waals surface area contributed by atoms with Crippen molar-refractivity contribution in [1.82, 2.24) is 9.80 Å². The molecule has 0 bridgehead atoms. The van der Waals surface area contributed by atoms with Gasteiger partial charge in [-0.2, -0.15) is 0 Å². The van der Waals surface area contributed by atoms with Crippen molar-refractivity contribution >= 4 is 17.3 Å². The third-order valence-electron chi connectivity index (χ3n) is 2.32. The Balaban J connectivity index is 0.000000791. The molecule has 0 amide bonds. The number of thiocarbonyl (C=S) groups is 1. The molecule has 0 atom stereocenters. The summed E-state index contributed by atoms with van der Waals surface area (Å²) >= 11 is 5.37. The van der Waals surface area contributed by atoms with Gasteiger partial charge in [-0.05, 0) is 39.9 Å². The fraction of sp³-hybridized carbons (Fsp3) is 0.909. The molecule has 0 aromatic rings. The van der Waals surface area contributed by atoms with Crippen LogP contribution in [0, 0.1) is 0 Å². The average Bonchev–Trinajstić information content (AvgIpc) is 2.50. The van der Waals surface area contributed by atoms with E-state index in [0.717, 1.165) is 18.2 Å². The van der Waals surface area contributed by atoms with E-state index in [4.69, 9.17) is 12.2 Å². The van der Waals surface area contributed by atoms with Crippen LogP contribution >= 0.6 is 12.2 Å². The van der Waals surface area contributed by atoms with Crippen molar-refractivity contribution in [3.05, 3.63) is 0 Å². The topological polar surface area (TPSA) is 6.48 Å². The molecule has 14 heavy (non-hydrogen) atoms. The van der Waals surface area contributed by atoms with E-state index >= 15 is 0 Å². The monoisotopic (exact) mass is 216 g/mol. The molecule has 1 saturated heterocycles. The van der Waals surface area contributed by atoms with Crippen molar-refractivity contribution in [2.75, 3.05) is 13.1 Å². The Morgan fingerprint density at radius 3 is 1.36 bits per heavy atom. The molecular weight excluding hydrogens is 192 g/mol. The van der Waals surface area contributed by atoms with Crippen molar-refractivity contribution in [3.8, 4) is 0 Å². The zero-order valence-corrected chi connectivity index (χ0v) is 11.2. The van der Waals surface area contributed by atoms with Crippen LogP contribution in [0.1, 0.15) is 41.5 Å². The largest absolute Gasteiger partial charge is 0.345 e. The van der Waals surface area contributed by atoms with E-state index in [2.05, 4.69) is 37.5 Å². The van der Waals surface area contributed by atoms with E-state index in [-0.39, 0.29) is 0 Å². The summed E-state index contributed by atoms with van der Waals surface area (Å²) in [7, 11) is 0. The van der Waals surface area contributed by atoms with Crippen LogP contribution in [0.15, 0.2) is 0 Å². The van der Waals surface area contributed by atoms with Crippen molar-refractivity contribution in [2.24, 2.45) is 0 Å². The maximum absolute atomic E-state index is 5.37. The second-order valence-electron chi connectivity index (χ2n) is 3.86. The number of hydrogen-bond donors (Lipinski definition) is 0. The highest BCUT2D eigenvalue weighted by Crippen LogP contribution is 2.14. The SMILES string of the molecule is CC.CC(C)N1CCN(C(C)C)C1=S. The molecule has 0 spiro atoms. The van der Waals surface area contributed by atoms with Gasteiger partial charge in [0.05, 0.1) is 0 Å². The second-order valence-corrected chi connectivity index (χ2v) is 4.22. The minimum Gasteiger partial charge on any atom is -0.345 e. The predicted octanol–water partition coefficient (Wildman–Crippen LogP) is 2.73. The standard InChI is InChI=1S/C9H18N2S.C2H6/c1-7(2)10-5-6-11(8(3)4)9(10)12;1-2/h7-8H,5-6H2,1-4H3;1-2H3. The smallest absolute Gasteiger partial charge is 0.172 e. The summed E-state index contributed by atoms with van der Waals surface area (Å²) in [5, 5.41) is 1.03. The molecule has 0 radical (unpaired) electrons. The zero-order chi connectivity index (χ0) is 11.3. The summed E-state index contributed by atoms with van der Waals surface area (Å²) in [5.74, 6) is 0. The highest BCUT2D eigenvalue weighted by molar-refractivity contribution is 7.80. The molecule has 0 aromatic heterocycles. The summed E-state index contributed by atoms with van der Waals surface area (Å²) in [6.07, 6.45) is 0. The van der Waals surface area contributed by atoms with Gasteiger partial charge in [-0.25, -0.2) is 0 Å².